The van der Waals surface area contributed by atoms with Crippen molar-refractivity contribution in [1.82, 2.24) is 19.3 Å². The number of nitrogens with zero attached hydrogens (tertiary/aromatic N) is 4. The SMILES string of the molecule is CCS(=O)(=O)N1CC[C@@H](c2cc(Nc3ccccn3)nc(C)n2)C1. The molecule has 0 radical (unpaired) electrons. The average molecular weight is 347 g/mol. The molecule has 0 spiro atoms. The Balaban J connectivity index is 1.80. The number of hydrogen-bond donors (Lipinski definition) is 1. The zero-order valence-electron chi connectivity index (χ0n) is 13.8. The number of anilines is 2. The van der Waals surface area contributed by atoms with Crippen LogP contribution in [0, 0.1) is 6.92 Å². The van der Waals surface area contributed by atoms with Gasteiger partial charge in [0.1, 0.15) is 17.5 Å². The number of hydrogen-bond acceptors (Lipinski definition) is 6. The molecule has 0 amide bonds. The average Bonchev–Trinajstić information content (AvgIpc) is 3.06. The zero-order chi connectivity index (χ0) is 17.2. The molecule has 3 rings (SSSR count). The lowest BCUT2D eigenvalue weighted by atomic mass is 10.0. The molecule has 0 aromatic carbocycles. The lowest BCUT2D eigenvalue weighted by Gasteiger charge is -2.15. The molecule has 1 aliphatic heterocycles. The monoisotopic (exact) mass is 347 g/mol. The number of sulfonamides is 1. The topological polar surface area (TPSA) is 88.1 Å². The molecule has 1 fully saturated rings. The third kappa shape index (κ3) is 3.70. The maximum atomic E-state index is 12.0. The van der Waals surface area contributed by atoms with Crippen molar-refractivity contribution in [1.29, 1.82) is 0 Å². The Morgan fingerprint density at radius 3 is 2.83 bits per heavy atom. The zero-order valence-corrected chi connectivity index (χ0v) is 14.6. The Morgan fingerprint density at radius 1 is 1.29 bits per heavy atom. The normalized spacial score (nSPS) is 18.7. The van der Waals surface area contributed by atoms with Crippen LogP contribution < -0.4 is 5.32 Å². The predicted molar refractivity (Wildman–Crippen MR) is 92.7 cm³/mol. The summed E-state index contributed by atoms with van der Waals surface area (Å²) in [6, 6.07) is 7.49. The van der Waals surface area contributed by atoms with E-state index in [1.165, 1.54) is 0 Å². The van der Waals surface area contributed by atoms with Gasteiger partial charge in [-0.05, 0) is 32.4 Å². The highest BCUT2D eigenvalue weighted by Crippen LogP contribution is 2.29. The van der Waals surface area contributed by atoms with Gasteiger partial charge in [-0.3, -0.25) is 0 Å². The van der Waals surface area contributed by atoms with Crippen molar-refractivity contribution in [3.63, 3.8) is 0 Å². The Hall–Kier alpha value is -2.06. The molecule has 0 saturated carbocycles. The van der Waals surface area contributed by atoms with Crippen LogP contribution >= 0.6 is 0 Å². The summed E-state index contributed by atoms with van der Waals surface area (Å²) in [7, 11) is -3.14. The van der Waals surface area contributed by atoms with E-state index in [-0.39, 0.29) is 11.7 Å². The van der Waals surface area contributed by atoms with Crippen molar-refractivity contribution in [2.75, 3.05) is 24.2 Å². The lowest BCUT2D eigenvalue weighted by molar-refractivity contribution is 0.473. The van der Waals surface area contributed by atoms with Gasteiger partial charge in [-0.1, -0.05) is 6.07 Å². The largest absolute Gasteiger partial charge is 0.325 e. The summed E-state index contributed by atoms with van der Waals surface area (Å²) in [5.74, 6) is 2.27. The van der Waals surface area contributed by atoms with E-state index in [2.05, 4.69) is 20.3 Å². The van der Waals surface area contributed by atoms with Gasteiger partial charge in [0.2, 0.25) is 10.0 Å². The van der Waals surface area contributed by atoms with Crippen LogP contribution in [0.3, 0.4) is 0 Å². The summed E-state index contributed by atoms with van der Waals surface area (Å²) in [4.78, 5) is 13.1. The van der Waals surface area contributed by atoms with Gasteiger partial charge in [-0.2, -0.15) is 0 Å². The van der Waals surface area contributed by atoms with Gasteiger partial charge in [0.25, 0.3) is 0 Å². The van der Waals surface area contributed by atoms with Gasteiger partial charge in [0.15, 0.2) is 0 Å². The fourth-order valence-corrected chi connectivity index (χ4v) is 3.99. The first kappa shape index (κ1) is 16.8. The fraction of sp³-hybridized carbons (Fsp3) is 0.438. The van der Waals surface area contributed by atoms with E-state index in [4.69, 9.17) is 0 Å². The summed E-state index contributed by atoms with van der Waals surface area (Å²) < 4.78 is 25.6. The second-order valence-electron chi connectivity index (χ2n) is 5.81. The molecule has 0 aliphatic carbocycles. The molecule has 24 heavy (non-hydrogen) atoms. The van der Waals surface area contributed by atoms with Crippen LogP contribution in [0.1, 0.15) is 30.8 Å². The third-order valence-corrected chi connectivity index (χ3v) is 5.95. The molecule has 7 nitrogen and oxygen atoms in total. The molecule has 1 atom stereocenters. The number of nitrogens with one attached hydrogen (secondary N) is 1. The van der Waals surface area contributed by atoms with Crippen LogP contribution in [0.15, 0.2) is 30.5 Å². The quantitative estimate of drug-likeness (QED) is 0.891. The smallest absolute Gasteiger partial charge is 0.213 e. The minimum Gasteiger partial charge on any atom is -0.325 e. The molecule has 2 aromatic rings. The van der Waals surface area contributed by atoms with Crippen molar-refractivity contribution in [2.45, 2.75) is 26.2 Å². The highest BCUT2D eigenvalue weighted by Gasteiger charge is 2.32. The van der Waals surface area contributed by atoms with E-state index in [9.17, 15) is 8.42 Å². The maximum Gasteiger partial charge on any atom is 0.213 e. The lowest BCUT2D eigenvalue weighted by Crippen LogP contribution is -2.30. The van der Waals surface area contributed by atoms with Gasteiger partial charge in [0.05, 0.1) is 11.4 Å². The van der Waals surface area contributed by atoms with Crippen molar-refractivity contribution >= 4 is 21.7 Å². The Labute approximate surface area is 142 Å². The van der Waals surface area contributed by atoms with Crippen LogP contribution in [0.4, 0.5) is 11.6 Å². The van der Waals surface area contributed by atoms with Crippen molar-refractivity contribution in [2.24, 2.45) is 0 Å². The van der Waals surface area contributed by atoms with Crippen LogP contribution in [0.2, 0.25) is 0 Å². The first-order chi connectivity index (χ1) is 11.5. The molecule has 1 aliphatic rings. The highest BCUT2D eigenvalue weighted by atomic mass is 32.2. The fourth-order valence-electron chi connectivity index (χ4n) is 2.84. The first-order valence-electron chi connectivity index (χ1n) is 7.99. The minimum absolute atomic E-state index is 0.0947. The molecule has 128 valence electrons. The first-order valence-corrected chi connectivity index (χ1v) is 9.60. The molecule has 3 heterocycles. The molecule has 2 aromatic heterocycles. The summed E-state index contributed by atoms with van der Waals surface area (Å²) in [5.41, 5.74) is 0.870. The van der Waals surface area contributed by atoms with Crippen LogP contribution in [-0.2, 0) is 10.0 Å². The molecule has 1 saturated heterocycles. The maximum absolute atomic E-state index is 12.0. The number of aromatic nitrogens is 3. The van der Waals surface area contributed by atoms with Crippen LogP contribution in [-0.4, -0.2) is 46.5 Å². The van der Waals surface area contributed by atoms with E-state index >= 15 is 0 Å². The summed E-state index contributed by atoms with van der Waals surface area (Å²) >= 11 is 0. The van der Waals surface area contributed by atoms with Gasteiger partial charge in [-0.15, -0.1) is 0 Å². The number of pyridine rings is 1. The molecule has 0 unspecified atom stereocenters. The summed E-state index contributed by atoms with van der Waals surface area (Å²) in [5, 5.41) is 3.17. The van der Waals surface area contributed by atoms with Crippen LogP contribution in [0.25, 0.3) is 0 Å². The minimum atomic E-state index is -3.14. The Morgan fingerprint density at radius 2 is 2.12 bits per heavy atom. The number of rotatable bonds is 5. The molecule has 8 heteroatoms. The summed E-state index contributed by atoms with van der Waals surface area (Å²) in [6.45, 7) is 4.54. The van der Waals surface area contributed by atoms with E-state index in [1.54, 1.807) is 17.4 Å². The van der Waals surface area contributed by atoms with Gasteiger partial charge < -0.3 is 5.32 Å². The van der Waals surface area contributed by atoms with Gasteiger partial charge >= 0.3 is 0 Å². The number of aryl methyl sites for hydroxylation is 1. The second kappa shape index (κ2) is 6.82. The molecular formula is C16H21N5O2S. The Kier molecular flexibility index (Phi) is 4.77. The summed E-state index contributed by atoms with van der Waals surface area (Å²) in [6.07, 6.45) is 2.49. The highest BCUT2D eigenvalue weighted by molar-refractivity contribution is 7.89. The van der Waals surface area contributed by atoms with Crippen molar-refractivity contribution < 1.29 is 8.42 Å². The molecular weight excluding hydrogens is 326 g/mol. The van der Waals surface area contributed by atoms with Crippen molar-refractivity contribution in [3.05, 3.63) is 42.0 Å². The van der Waals surface area contributed by atoms with Crippen molar-refractivity contribution in [3.8, 4) is 0 Å². The third-order valence-electron chi connectivity index (χ3n) is 4.11. The van der Waals surface area contributed by atoms with E-state index in [0.717, 1.165) is 12.1 Å². The van der Waals surface area contributed by atoms with E-state index < -0.39 is 10.0 Å². The van der Waals surface area contributed by atoms with E-state index in [0.29, 0.717) is 30.5 Å². The predicted octanol–water partition coefficient (Wildman–Crippen LogP) is 2.06. The van der Waals surface area contributed by atoms with Gasteiger partial charge in [-0.25, -0.2) is 27.7 Å². The van der Waals surface area contributed by atoms with Gasteiger partial charge in [0, 0.05) is 31.3 Å². The van der Waals surface area contributed by atoms with Crippen LogP contribution in [0.5, 0.6) is 0 Å². The molecule has 1 N–H and O–H groups in total. The Bertz CT molecular complexity index is 810. The second-order valence-corrected chi connectivity index (χ2v) is 8.07. The molecule has 0 bridgehead atoms. The standard InChI is InChI=1S/C16H21N5O2S/c1-3-24(22,23)21-9-7-13(11-21)14-10-16(19-12(2)18-14)20-15-6-4-5-8-17-15/h4-6,8,10,13H,3,7,9,11H2,1-2H3,(H,17,18,19,20)/t13-/m1/s1. The van der Waals surface area contributed by atoms with E-state index in [1.807, 2.05) is 31.2 Å².